The molecule has 6 nitrogen and oxygen atoms in total. The first-order chi connectivity index (χ1) is 16.5. The SMILES string of the molecule is CCOc1cc(/C=C(\C#N)C(=O)Nc2ccccc2C)c(Br)cc1OCc1ccccc1C#N. The second kappa shape index (κ2) is 11.7. The van der Waals surface area contributed by atoms with Crippen LogP contribution in [0.25, 0.3) is 6.08 Å². The molecule has 0 atom stereocenters. The number of benzene rings is 3. The van der Waals surface area contributed by atoms with Gasteiger partial charge in [-0.3, -0.25) is 4.79 Å². The van der Waals surface area contributed by atoms with Crippen molar-refractivity contribution in [1.82, 2.24) is 0 Å². The van der Waals surface area contributed by atoms with Crippen LogP contribution < -0.4 is 14.8 Å². The molecule has 34 heavy (non-hydrogen) atoms. The zero-order valence-electron chi connectivity index (χ0n) is 18.8. The first kappa shape index (κ1) is 24.6. The number of ether oxygens (including phenoxy) is 2. The van der Waals surface area contributed by atoms with Crippen molar-refractivity contribution in [2.75, 3.05) is 11.9 Å². The van der Waals surface area contributed by atoms with E-state index in [0.717, 1.165) is 11.1 Å². The molecule has 0 aromatic heterocycles. The normalized spacial score (nSPS) is 10.7. The van der Waals surface area contributed by atoms with Gasteiger partial charge in [0, 0.05) is 15.7 Å². The van der Waals surface area contributed by atoms with Crippen molar-refractivity contribution in [3.8, 4) is 23.6 Å². The molecule has 7 heteroatoms. The minimum absolute atomic E-state index is 0.0528. The van der Waals surface area contributed by atoms with Crippen molar-refractivity contribution in [3.63, 3.8) is 0 Å². The van der Waals surface area contributed by atoms with Crippen LogP contribution in [0.4, 0.5) is 5.69 Å². The van der Waals surface area contributed by atoms with Crippen molar-refractivity contribution < 1.29 is 14.3 Å². The third kappa shape index (κ3) is 6.04. The highest BCUT2D eigenvalue weighted by Gasteiger charge is 2.15. The van der Waals surface area contributed by atoms with E-state index in [2.05, 4.69) is 27.3 Å². The number of rotatable bonds is 8. The Hall–Kier alpha value is -4.07. The maximum absolute atomic E-state index is 12.7. The van der Waals surface area contributed by atoms with Gasteiger partial charge in [0.2, 0.25) is 0 Å². The number of carbonyl (C=O) groups is 1. The summed E-state index contributed by atoms with van der Waals surface area (Å²) in [5.74, 6) is 0.430. The number of hydrogen-bond acceptors (Lipinski definition) is 5. The zero-order chi connectivity index (χ0) is 24.5. The van der Waals surface area contributed by atoms with Crippen LogP contribution in [-0.4, -0.2) is 12.5 Å². The summed E-state index contributed by atoms with van der Waals surface area (Å²) in [5.41, 5.74) is 3.37. The molecule has 3 aromatic rings. The maximum Gasteiger partial charge on any atom is 0.266 e. The highest BCUT2D eigenvalue weighted by molar-refractivity contribution is 9.10. The third-order valence-electron chi connectivity index (χ3n) is 4.94. The minimum Gasteiger partial charge on any atom is -0.490 e. The summed E-state index contributed by atoms with van der Waals surface area (Å²) in [7, 11) is 0. The van der Waals surface area contributed by atoms with E-state index < -0.39 is 5.91 Å². The number of nitriles is 2. The largest absolute Gasteiger partial charge is 0.490 e. The quantitative estimate of drug-likeness (QED) is 0.286. The van der Waals surface area contributed by atoms with Gasteiger partial charge in [-0.25, -0.2) is 0 Å². The van der Waals surface area contributed by atoms with Gasteiger partial charge in [0.15, 0.2) is 11.5 Å². The number of hydrogen-bond donors (Lipinski definition) is 1. The van der Waals surface area contributed by atoms with Gasteiger partial charge in [-0.2, -0.15) is 10.5 Å². The molecule has 1 N–H and O–H groups in total. The Kier molecular flexibility index (Phi) is 8.45. The van der Waals surface area contributed by atoms with E-state index in [1.165, 1.54) is 6.08 Å². The summed E-state index contributed by atoms with van der Waals surface area (Å²) in [6.07, 6.45) is 1.50. The minimum atomic E-state index is -0.505. The fraction of sp³-hybridized carbons (Fsp3) is 0.148. The van der Waals surface area contributed by atoms with E-state index in [0.29, 0.717) is 39.4 Å². The summed E-state index contributed by atoms with van der Waals surface area (Å²) < 4.78 is 12.3. The summed E-state index contributed by atoms with van der Waals surface area (Å²) >= 11 is 3.50. The second-order valence-corrected chi connectivity index (χ2v) is 8.10. The smallest absolute Gasteiger partial charge is 0.266 e. The number of amides is 1. The van der Waals surface area contributed by atoms with Crippen LogP contribution in [0.5, 0.6) is 11.5 Å². The number of nitrogens with one attached hydrogen (secondary N) is 1. The predicted octanol–water partition coefficient (Wildman–Crippen LogP) is 6.15. The fourth-order valence-electron chi connectivity index (χ4n) is 3.16. The van der Waals surface area contributed by atoms with Crippen LogP contribution in [0.3, 0.4) is 0 Å². The Morgan fingerprint density at radius 1 is 1.06 bits per heavy atom. The fourth-order valence-corrected chi connectivity index (χ4v) is 3.60. The molecule has 0 spiro atoms. The topological polar surface area (TPSA) is 95.1 Å². The molecule has 3 aromatic carbocycles. The Bertz CT molecular complexity index is 1320. The molecule has 0 unspecified atom stereocenters. The van der Waals surface area contributed by atoms with Crippen LogP contribution >= 0.6 is 15.9 Å². The lowest BCUT2D eigenvalue weighted by atomic mass is 10.1. The molecule has 0 aliphatic rings. The number of nitrogens with zero attached hydrogens (tertiary/aromatic N) is 2. The Labute approximate surface area is 207 Å². The Morgan fingerprint density at radius 3 is 2.47 bits per heavy atom. The van der Waals surface area contributed by atoms with Crippen molar-refractivity contribution >= 4 is 33.6 Å². The van der Waals surface area contributed by atoms with E-state index in [4.69, 9.17) is 9.47 Å². The van der Waals surface area contributed by atoms with Crippen LogP contribution in [0, 0.1) is 29.6 Å². The highest BCUT2D eigenvalue weighted by Crippen LogP contribution is 2.35. The molecule has 0 saturated carbocycles. The number of carbonyl (C=O) groups excluding carboxylic acids is 1. The molecule has 1 amide bonds. The van der Waals surface area contributed by atoms with E-state index in [1.807, 2.05) is 50.2 Å². The molecule has 0 fully saturated rings. The van der Waals surface area contributed by atoms with Gasteiger partial charge in [0.05, 0.1) is 18.2 Å². The van der Waals surface area contributed by atoms with Crippen molar-refractivity contribution in [1.29, 1.82) is 10.5 Å². The molecule has 0 aliphatic heterocycles. The maximum atomic E-state index is 12.7. The Morgan fingerprint density at radius 2 is 1.76 bits per heavy atom. The van der Waals surface area contributed by atoms with Crippen molar-refractivity contribution in [3.05, 3.63) is 93.0 Å². The van der Waals surface area contributed by atoms with E-state index in [9.17, 15) is 15.3 Å². The number of anilines is 1. The second-order valence-electron chi connectivity index (χ2n) is 7.25. The molecule has 0 saturated heterocycles. The molecule has 3 rings (SSSR count). The number of aryl methyl sites for hydroxylation is 1. The van der Waals surface area contributed by atoms with Gasteiger partial charge in [-0.05, 0) is 55.3 Å². The molecule has 0 heterocycles. The Balaban J connectivity index is 1.88. The molecule has 0 bridgehead atoms. The predicted molar refractivity (Wildman–Crippen MR) is 134 cm³/mol. The summed E-state index contributed by atoms with van der Waals surface area (Å²) in [4.78, 5) is 12.7. The molecule has 0 aliphatic carbocycles. The molecular formula is C27H22BrN3O3. The van der Waals surface area contributed by atoms with Crippen molar-refractivity contribution in [2.24, 2.45) is 0 Å². The lowest BCUT2D eigenvalue weighted by Gasteiger charge is -2.15. The summed E-state index contributed by atoms with van der Waals surface area (Å²) in [6, 6.07) is 22.1. The average Bonchev–Trinajstić information content (AvgIpc) is 2.84. The van der Waals surface area contributed by atoms with E-state index in [-0.39, 0.29) is 12.2 Å². The van der Waals surface area contributed by atoms with Gasteiger partial charge >= 0.3 is 0 Å². The molecular weight excluding hydrogens is 494 g/mol. The van der Waals surface area contributed by atoms with Gasteiger partial charge in [0.1, 0.15) is 18.2 Å². The summed E-state index contributed by atoms with van der Waals surface area (Å²) in [5, 5.41) is 21.7. The lowest BCUT2D eigenvalue weighted by molar-refractivity contribution is -0.112. The molecule has 0 radical (unpaired) electrons. The van der Waals surface area contributed by atoms with Gasteiger partial charge in [0.25, 0.3) is 5.91 Å². The molecule has 170 valence electrons. The lowest BCUT2D eigenvalue weighted by Crippen LogP contribution is -2.14. The van der Waals surface area contributed by atoms with Crippen LogP contribution in [0.2, 0.25) is 0 Å². The average molecular weight is 516 g/mol. The van der Waals surface area contributed by atoms with Crippen LogP contribution in [0.15, 0.2) is 70.7 Å². The van der Waals surface area contributed by atoms with Crippen LogP contribution in [0.1, 0.15) is 29.2 Å². The van der Waals surface area contributed by atoms with Crippen LogP contribution in [-0.2, 0) is 11.4 Å². The van der Waals surface area contributed by atoms with E-state index in [1.54, 1.807) is 30.3 Å². The first-order valence-corrected chi connectivity index (χ1v) is 11.3. The van der Waals surface area contributed by atoms with E-state index >= 15 is 0 Å². The third-order valence-corrected chi connectivity index (χ3v) is 5.63. The van der Waals surface area contributed by atoms with Gasteiger partial charge in [-0.1, -0.05) is 52.3 Å². The number of halogens is 1. The summed E-state index contributed by atoms with van der Waals surface area (Å²) in [6.45, 7) is 4.31. The monoisotopic (exact) mass is 515 g/mol. The van der Waals surface area contributed by atoms with Gasteiger partial charge in [-0.15, -0.1) is 0 Å². The number of para-hydroxylation sites is 1. The van der Waals surface area contributed by atoms with Gasteiger partial charge < -0.3 is 14.8 Å². The highest BCUT2D eigenvalue weighted by atomic mass is 79.9. The zero-order valence-corrected chi connectivity index (χ0v) is 20.3. The van der Waals surface area contributed by atoms with Crippen molar-refractivity contribution in [2.45, 2.75) is 20.5 Å². The first-order valence-electron chi connectivity index (χ1n) is 10.5. The standard InChI is InChI=1S/C27H22BrN3O3/c1-3-33-25-13-21(12-22(16-30)27(32)31-24-11-7-4-8-18(24)2)23(28)14-26(25)34-17-20-10-6-5-9-19(20)15-29/h4-14H,3,17H2,1-2H3,(H,31,32)/b22-12+.